The molecule has 2 N–H and O–H groups in total. The van der Waals surface area contributed by atoms with Crippen molar-refractivity contribution in [2.45, 2.75) is 12.6 Å². The molecule has 0 radical (unpaired) electrons. The number of para-hydroxylation sites is 1. The van der Waals surface area contributed by atoms with Crippen LogP contribution in [-0.4, -0.2) is 25.3 Å². The minimum Gasteiger partial charge on any atom is -0.508 e. The molecule has 0 aromatic heterocycles. The van der Waals surface area contributed by atoms with Gasteiger partial charge in [0, 0.05) is 23.6 Å². The third kappa shape index (κ3) is 2.62. The maximum atomic E-state index is 11.1. The molecule has 0 amide bonds. The Morgan fingerprint density at radius 2 is 2.12 bits per heavy atom. The van der Waals surface area contributed by atoms with Crippen molar-refractivity contribution in [2.24, 2.45) is 0 Å². The SMILES string of the molecule is O=S1(=O)C=CC(NCc2ccccc2O)C1. The number of sulfone groups is 1. The Labute approximate surface area is 94.5 Å². The Morgan fingerprint density at radius 3 is 2.75 bits per heavy atom. The average Bonchev–Trinajstić information content (AvgIpc) is 2.57. The molecule has 0 fully saturated rings. The summed E-state index contributed by atoms with van der Waals surface area (Å²) in [6.45, 7) is 0.456. The second kappa shape index (κ2) is 4.27. The van der Waals surface area contributed by atoms with Gasteiger partial charge in [0.1, 0.15) is 5.75 Å². The molecular formula is C11H13NO3S. The van der Waals surface area contributed by atoms with E-state index in [9.17, 15) is 13.5 Å². The highest BCUT2D eigenvalue weighted by Crippen LogP contribution is 2.16. The zero-order valence-electron chi connectivity index (χ0n) is 8.63. The molecule has 0 aliphatic carbocycles. The first kappa shape index (κ1) is 11.2. The van der Waals surface area contributed by atoms with Crippen molar-refractivity contribution in [1.82, 2.24) is 5.32 Å². The highest BCUT2D eigenvalue weighted by atomic mass is 32.2. The van der Waals surface area contributed by atoms with Crippen molar-refractivity contribution in [2.75, 3.05) is 5.75 Å². The molecule has 1 unspecified atom stereocenters. The quantitative estimate of drug-likeness (QED) is 0.818. The summed E-state index contributed by atoms with van der Waals surface area (Å²) in [7, 11) is -3.02. The highest BCUT2D eigenvalue weighted by molar-refractivity contribution is 7.94. The number of hydrogen-bond donors (Lipinski definition) is 2. The van der Waals surface area contributed by atoms with Crippen LogP contribution in [0.3, 0.4) is 0 Å². The average molecular weight is 239 g/mol. The number of hydrogen-bond acceptors (Lipinski definition) is 4. The molecule has 0 bridgehead atoms. The van der Waals surface area contributed by atoms with Gasteiger partial charge in [-0.05, 0) is 6.07 Å². The van der Waals surface area contributed by atoms with Crippen molar-refractivity contribution in [3.63, 3.8) is 0 Å². The first-order chi connectivity index (χ1) is 7.57. The summed E-state index contributed by atoms with van der Waals surface area (Å²) in [5.41, 5.74) is 0.764. The Balaban J connectivity index is 1.95. The molecule has 16 heavy (non-hydrogen) atoms. The van der Waals surface area contributed by atoms with Gasteiger partial charge >= 0.3 is 0 Å². The van der Waals surface area contributed by atoms with E-state index in [0.717, 1.165) is 5.56 Å². The largest absolute Gasteiger partial charge is 0.508 e. The molecular weight excluding hydrogens is 226 g/mol. The predicted octanol–water partition coefficient (Wildman–Crippen LogP) is 0.792. The van der Waals surface area contributed by atoms with E-state index in [1.54, 1.807) is 24.3 Å². The third-order valence-electron chi connectivity index (χ3n) is 2.48. The van der Waals surface area contributed by atoms with Crippen molar-refractivity contribution in [1.29, 1.82) is 0 Å². The van der Waals surface area contributed by atoms with Crippen molar-refractivity contribution >= 4 is 9.84 Å². The van der Waals surface area contributed by atoms with Crippen LogP contribution in [0.4, 0.5) is 0 Å². The summed E-state index contributed by atoms with van der Waals surface area (Å²) >= 11 is 0. The van der Waals surface area contributed by atoms with E-state index in [-0.39, 0.29) is 17.5 Å². The topological polar surface area (TPSA) is 66.4 Å². The highest BCUT2D eigenvalue weighted by Gasteiger charge is 2.20. The molecule has 1 aromatic rings. The monoisotopic (exact) mass is 239 g/mol. The van der Waals surface area contributed by atoms with E-state index in [2.05, 4.69) is 5.32 Å². The minimum absolute atomic E-state index is 0.0978. The fourth-order valence-electron chi connectivity index (χ4n) is 1.60. The maximum Gasteiger partial charge on any atom is 0.173 e. The fourth-order valence-corrected chi connectivity index (χ4v) is 2.87. The number of phenols is 1. The number of phenolic OH excluding ortho intramolecular Hbond substituents is 1. The molecule has 0 saturated heterocycles. The van der Waals surface area contributed by atoms with Gasteiger partial charge in [0.2, 0.25) is 0 Å². The van der Waals surface area contributed by atoms with Gasteiger partial charge in [-0.3, -0.25) is 0 Å². The van der Waals surface area contributed by atoms with Crippen molar-refractivity contribution < 1.29 is 13.5 Å². The first-order valence-electron chi connectivity index (χ1n) is 4.98. The number of nitrogens with one attached hydrogen (secondary N) is 1. The van der Waals surface area contributed by atoms with Crippen molar-refractivity contribution in [3.8, 4) is 5.75 Å². The van der Waals surface area contributed by atoms with Gasteiger partial charge in [-0.15, -0.1) is 0 Å². The van der Waals surface area contributed by atoms with Crippen LogP contribution in [0.25, 0.3) is 0 Å². The van der Waals surface area contributed by atoms with Gasteiger partial charge in [-0.2, -0.15) is 0 Å². The van der Waals surface area contributed by atoms with Crippen LogP contribution in [0, 0.1) is 0 Å². The lowest BCUT2D eigenvalue weighted by Gasteiger charge is -2.10. The molecule has 1 heterocycles. The smallest absolute Gasteiger partial charge is 0.173 e. The lowest BCUT2D eigenvalue weighted by atomic mass is 10.2. The normalized spacial score (nSPS) is 22.4. The summed E-state index contributed by atoms with van der Waals surface area (Å²) in [5, 5.41) is 13.8. The molecule has 2 rings (SSSR count). The van der Waals surface area contributed by atoms with E-state index in [0.29, 0.717) is 6.54 Å². The Kier molecular flexibility index (Phi) is 2.98. The molecule has 1 aliphatic heterocycles. The minimum atomic E-state index is -3.02. The summed E-state index contributed by atoms with van der Waals surface area (Å²) in [6.07, 6.45) is 1.63. The van der Waals surface area contributed by atoms with Gasteiger partial charge in [0.05, 0.1) is 5.75 Å². The van der Waals surface area contributed by atoms with Crippen LogP contribution in [-0.2, 0) is 16.4 Å². The van der Waals surface area contributed by atoms with E-state index >= 15 is 0 Å². The van der Waals surface area contributed by atoms with E-state index in [1.807, 2.05) is 6.07 Å². The van der Waals surface area contributed by atoms with Gasteiger partial charge in [0.25, 0.3) is 0 Å². The zero-order chi connectivity index (χ0) is 11.6. The van der Waals surface area contributed by atoms with Gasteiger partial charge in [-0.25, -0.2) is 8.42 Å². The second-order valence-corrected chi connectivity index (χ2v) is 5.71. The van der Waals surface area contributed by atoms with Crippen LogP contribution >= 0.6 is 0 Å². The summed E-state index contributed by atoms with van der Waals surface area (Å²) < 4.78 is 22.3. The summed E-state index contributed by atoms with van der Waals surface area (Å²) in [6, 6.07) is 6.83. The van der Waals surface area contributed by atoms with Crippen LogP contribution in [0.15, 0.2) is 35.7 Å². The molecule has 1 aliphatic rings. The summed E-state index contributed by atoms with van der Waals surface area (Å²) in [4.78, 5) is 0. The maximum absolute atomic E-state index is 11.1. The molecule has 86 valence electrons. The molecule has 0 saturated carbocycles. The predicted molar refractivity (Wildman–Crippen MR) is 61.7 cm³/mol. The molecule has 5 heteroatoms. The number of benzene rings is 1. The van der Waals surface area contributed by atoms with Crippen molar-refractivity contribution in [3.05, 3.63) is 41.3 Å². The summed E-state index contributed by atoms with van der Waals surface area (Å²) in [5.74, 6) is 0.320. The van der Waals surface area contributed by atoms with E-state index in [1.165, 1.54) is 5.41 Å². The number of rotatable bonds is 3. The lowest BCUT2D eigenvalue weighted by molar-refractivity contribution is 0.463. The Bertz CT molecular complexity index is 508. The molecule has 1 aromatic carbocycles. The lowest BCUT2D eigenvalue weighted by Crippen LogP contribution is -2.29. The number of aromatic hydroxyl groups is 1. The van der Waals surface area contributed by atoms with E-state index < -0.39 is 9.84 Å². The second-order valence-electron chi connectivity index (χ2n) is 3.77. The van der Waals surface area contributed by atoms with Crippen LogP contribution in [0.1, 0.15) is 5.56 Å². The molecule has 1 atom stereocenters. The van der Waals surface area contributed by atoms with E-state index in [4.69, 9.17) is 0 Å². The van der Waals surface area contributed by atoms with Gasteiger partial charge < -0.3 is 10.4 Å². The third-order valence-corrected chi connectivity index (χ3v) is 3.87. The first-order valence-corrected chi connectivity index (χ1v) is 6.69. The standard InChI is InChI=1S/C11H13NO3S/c13-11-4-2-1-3-9(11)7-12-10-5-6-16(14,15)8-10/h1-6,10,12-13H,7-8H2. The Morgan fingerprint density at radius 1 is 1.38 bits per heavy atom. The fraction of sp³-hybridized carbons (Fsp3) is 0.273. The van der Waals surface area contributed by atoms with Crippen LogP contribution in [0.2, 0.25) is 0 Å². The van der Waals surface area contributed by atoms with Gasteiger partial charge in [-0.1, -0.05) is 24.3 Å². The zero-order valence-corrected chi connectivity index (χ0v) is 9.44. The molecule has 0 spiro atoms. The van der Waals surface area contributed by atoms with Crippen LogP contribution in [0.5, 0.6) is 5.75 Å². The van der Waals surface area contributed by atoms with Gasteiger partial charge in [0.15, 0.2) is 9.84 Å². The molecule has 4 nitrogen and oxygen atoms in total. The Hall–Kier alpha value is -1.33. The van der Waals surface area contributed by atoms with Crippen LogP contribution < -0.4 is 5.32 Å².